The van der Waals surface area contributed by atoms with Gasteiger partial charge in [0.15, 0.2) is 0 Å². The number of hydrogen-bond acceptors (Lipinski definition) is 1. The van der Waals surface area contributed by atoms with Gasteiger partial charge in [0.05, 0.1) is 10.0 Å². The van der Waals surface area contributed by atoms with Gasteiger partial charge in [-0.25, -0.2) is 4.79 Å². The molecule has 3 aromatic rings. The van der Waals surface area contributed by atoms with Gasteiger partial charge in [0.1, 0.15) is 0 Å². The maximum atomic E-state index is 11.9. The molecular formula is C18H17Cl2N3O. The SMILES string of the molecule is O=C(NCCCn1ccc2ccccc21)Nc1ccc(Cl)c(Cl)c1. The third-order valence-corrected chi connectivity index (χ3v) is 4.46. The van der Waals surface area contributed by atoms with Crippen LogP contribution in [0.4, 0.5) is 10.5 Å². The predicted molar refractivity (Wildman–Crippen MR) is 100 cm³/mol. The quantitative estimate of drug-likeness (QED) is 0.605. The van der Waals surface area contributed by atoms with Crippen molar-refractivity contribution in [3.63, 3.8) is 0 Å². The topological polar surface area (TPSA) is 46.1 Å². The van der Waals surface area contributed by atoms with Crippen molar-refractivity contribution in [2.45, 2.75) is 13.0 Å². The maximum Gasteiger partial charge on any atom is 0.319 e. The summed E-state index contributed by atoms with van der Waals surface area (Å²) in [6, 6.07) is 15.1. The van der Waals surface area contributed by atoms with Crippen molar-refractivity contribution in [3.8, 4) is 0 Å². The van der Waals surface area contributed by atoms with Crippen molar-refractivity contribution in [1.29, 1.82) is 0 Å². The van der Waals surface area contributed by atoms with Gasteiger partial charge >= 0.3 is 6.03 Å². The number of fused-ring (bicyclic) bond motifs is 1. The van der Waals surface area contributed by atoms with Gasteiger partial charge in [-0.2, -0.15) is 0 Å². The third kappa shape index (κ3) is 4.02. The molecule has 124 valence electrons. The molecule has 0 aliphatic carbocycles. The van der Waals surface area contributed by atoms with Crippen molar-refractivity contribution >= 4 is 45.8 Å². The Hall–Kier alpha value is -2.17. The van der Waals surface area contributed by atoms with Crippen molar-refractivity contribution < 1.29 is 4.79 Å². The summed E-state index contributed by atoms with van der Waals surface area (Å²) in [6.07, 6.45) is 2.91. The average Bonchev–Trinajstić information content (AvgIpc) is 2.98. The second-order valence-corrected chi connectivity index (χ2v) is 6.25. The average molecular weight is 362 g/mol. The lowest BCUT2D eigenvalue weighted by Gasteiger charge is -2.09. The highest BCUT2D eigenvalue weighted by molar-refractivity contribution is 6.42. The van der Waals surface area contributed by atoms with Crippen molar-refractivity contribution in [3.05, 3.63) is 64.8 Å². The molecule has 2 N–H and O–H groups in total. The minimum Gasteiger partial charge on any atom is -0.347 e. The van der Waals surface area contributed by atoms with Gasteiger partial charge in [0.25, 0.3) is 0 Å². The molecule has 0 spiro atoms. The Bertz CT molecular complexity index is 860. The van der Waals surface area contributed by atoms with E-state index < -0.39 is 0 Å². The smallest absolute Gasteiger partial charge is 0.319 e. The van der Waals surface area contributed by atoms with Crippen LogP contribution in [-0.4, -0.2) is 17.1 Å². The molecule has 0 fully saturated rings. The molecule has 0 aliphatic rings. The van der Waals surface area contributed by atoms with E-state index in [-0.39, 0.29) is 6.03 Å². The molecule has 1 aromatic heterocycles. The fourth-order valence-corrected chi connectivity index (χ4v) is 2.83. The van der Waals surface area contributed by atoms with Crippen LogP contribution in [0.5, 0.6) is 0 Å². The number of aromatic nitrogens is 1. The molecule has 6 heteroatoms. The highest BCUT2D eigenvalue weighted by Crippen LogP contribution is 2.24. The highest BCUT2D eigenvalue weighted by atomic mass is 35.5. The lowest BCUT2D eigenvalue weighted by atomic mass is 10.2. The van der Waals surface area contributed by atoms with Gasteiger partial charge in [-0.3, -0.25) is 0 Å². The first-order chi connectivity index (χ1) is 11.6. The maximum absolute atomic E-state index is 11.9. The van der Waals surface area contributed by atoms with Crippen LogP contribution in [0.1, 0.15) is 6.42 Å². The first-order valence-electron chi connectivity index (χ1n) is 7.67. The number of hydrogen-bond donors (Lipinski definition) is 2. The molecule has 0 aliphatic heterocycles. The number of carbonyl (C=O) groups is 1. The lowest BCUT2D eigenvalue weighted by Crippen LogP contribution is -2.30. The Morgan fingerprint density at radius 3 is 2.71 bits per heavy atom. The molecule has 0 saturated heterocycles. The summed E-state index contributed by atoms with van der Waals surface area (Å²) < 4.78 is 2.19. The van der Waals surface area contributed by atoms with Gasteiger partial charge in [0.2, 0.25) is 0 Å². The molecule has 0 atom stereocenters. The second kappa shape index (κ2) is 7.60. The molecule has 1 heterocycles. The highest BCUT2D eigenvalue weighted by Gasteiger charge is 2.04. The van der Waals surface area contributed by atoms with Crippen molar-refractivity contribution in [2.75, 3.05) is 11.9 Å². The van der Waals surface area contributed by atoms with Gasteiger partial charge in [-0.15, -0.1) is 0 Å². The summed E-state index contributed by atoms with van der Waals surface area (Å²) in [5.74, 6) is 0. The largest absolute Gasteiger partial charge is 0.347 e. The number of halogens is 2. The minimum atomic E-state index is -0.259. The third-order valence-electron chi connectivity index (χ3n) is 3.72. The fraction of sp³-hybridized carbons (Fsp3) is 0.167. The Morgan fingerprint density at radius 2 is 1.88 bits per heavy atom. The molecule has 3 rings (SSSR count). The number of urea groups is 1. The van der Waals surface area contributed by atoms with E-state index in [1.54, 1.807) is 18.2 Å². The molecular weight excluding hydrogens is 345 g/mol. The summed E-state index contributed by atoms with van der Waals surface area (Å²) >= 11 is 11.8. The Balaban J connectivity index is 1.46. The van der Waals surface area contributed by atoms with Crippen LogP contribution in [0.3, 0.4) is 0 Å². The number of rotatable bonds is 5. The van der Waals surface area contributed by atoms with Crippen LogP contribution in [-0.2, 0) is 6.54 Å². The number of aryl methyl sites for hydroxylation is 1. The number of amides is 2. The zero-order chi connectivity index (χ0) is 16.9. The number of anilines is 1. The number of benzene rings is 2. The normalized spacial score (nSPS) is 10.8. The van der Waals surface area contributed by atoms with E-state index in [4.69, 9.17) is 23.2 Å². The van der Waals surface area contributed by atoms with E-state index in [9.17, 15) is 4.79 Å². The summed E-state index contributed by atoms with van der Waals surface area (Å²) in [5, 5.41) is 7.67. The minimum absolute atomic E-state index is 0.259. The van der Waals surface area contributed by atoms with Crippen molar-refractivity contribution in [2.24, 2.45) is 0 Å². The molecule has 0 unspecified atom stereocenters. The fourth-order valence-electron chi connectivity index (χ4n) is 2.54. The van der Waals surface area contributed by atoms with Crippen LogP contribution >= 0.6 is 23.2 Å². The molecule has 2 aromatic carbocycles. The van der Waals surface area contributed by atoms with Crippen LogP contribution in [0, 0.1) is 0 Å². The van der Waals surface area contributed by atoms with E-state index in [0.717, 1.165) is 13.0 Å². The van der Waals surface area contributed by atoms with Gasteiger partial charge in [-0.05, 0) is 42.1 Å². The zero-order valence-corrected chi connectivity index (χ0v) is 14.4. The van der Waals surface area contributed by atoms with Crippen LogP contribution in [0.25, 0.3) is 10.9 Å². The van der Waals surface area contributed by atoms with E-state index in [2.05, 4.69) is 39.6 Å². The molecule has 0 bridgehead atoms. The zero-order valence-electron chi connectivity index (χ0n) is 12.9. The van der Waals surface area contributed by atoms with Gasteiger partial charge < -0.3 is 15.2 Å². The molecule has 4 nitrogen and oxygen atoms in total. The Labute approximate surface area is 150 Å². The number of nitrogens with one attached hydrogen (secondary N) is 2. The summed E-state index contributed by atoms with van der Waals surface area (Å²) in [6.45, 7) is 1.43. The van der Waals surface area contributed by atoms with Crippen molar-refractivity contribution in [1.82, 2.24) is 9.88 Å². The Kier molecular flexibility index (Phi) is 5.28. The second-order valence-electron chi connectivity index (χ2n) is 5.43. The monoisotopic (exact) mass is 361 g/mol. The Morgan fingerprint density at radius 1 is 1.04 bits per heavy atom. The number of nitrogens with zero attached hydrogens (tertiary/aromatic N) is 1. The molecule has 0 radical (unpaired) electrons. The van der Waals surface area contributed by atoms with Crippen LogP contribution in [0.2, 0.25) is 10.0 Å². The predicted octanol–water partition coefficient (Wildman–Crippen LogP) is 5.16. The van der Waals surface area contributed by atoms with Crippen LogP contribution < -0.4 is 10.6 Å². The molecule has 0 saturated carbocycles. The lowest BCUT2D eigenvalue weighted by molar-refractivity contribution is 0.252. The van der Waals surface area contributed by atoms with Gasteiger partial charge in [0, 0.05) is 30.5 Å². The summed E-state index contributed by atoms with van der Waals surface area (Å²) in [7, 11) is 0. The van der Waals surface area contributed by atoms with E-state index in [0.29, 0.717) is 22.3 Å². The number of carbonyl (C=O) groups excluding carboxylic acids is 1. The standard InChI is InChI=1S/C18H17Cl2N3O/c19-15-7-6-14(12-16(15)20)22-18(24)21-9-3-10-23-11-8-13-4-1-2-5-17(13)23/h1-2,4-8,11-12H,3,9-10H2,(H2,21,22,24). The van der Waals surface area contributed by atoms with E-state index in [1.807, 2.05) is 12.1 Å². The van der Waals surface area contributed by atoms with E-state index in [1.165, 1.54) is 10.9 Å². The first-order valence-corrected chi connectivity index (χ1v) is 8.43. The summed E-state index contributed by atoms with van der Waals surface area (Å²) in [4.78, 5) is 11.9. The first kappa shape index (κ1) is 16.7. The van der Waals surface area contributed by atoms with Gasteiger partial charge in [-0.1, -0.05) is 41.4 Å². The van der Waals surface area contributed by atoms with E-state index >= 15 is 0 Å². The van der Waals surface area contributed by atoms with Crippen LogP contribution in [0.15, 0.2) is 54.7 Å². The molecule has 24 heavy (non-hydrogen) atoms. The molecule has 2 amide bonds. The summed E-state index contributed by atoms with van der Waals surface area (Å²) in [5.41, 5.74) is 1.82. The number of para-hydroxylation sites is 1.